The number of aliphatic carboxylic acids is 1. The van der Waals surface area contributed by atoms with Crippen LogP contribution in [0.2, 0.25) is 0 Å². The van der Waals surface area contributed by atoms with E-state index in [0.717, 1.165) is 0 Å². The number of carbonyl (C=O) groups excluding carboxylic acids is 3. The van der Waals surface area contributed by atoms with Gasteiger partial charge in [0.05, 0.1) is 0 Å². The van der Waals surface area contributed by atoms with E-state index in [1.165, 1.54) is 11.9 Å². The van der Waals surface area contributed by atoms with Gasteiger partial charge in [0, 0.05) is 39.8 Å². The minimum Gasteiger partial charge on any atom is -0.481 e. The summed E-state index contributed by atoms with van der Waals surface area (Å²) in [5.74, 6) is -0.890. The first-order chi connectivity index (χ1) is 9.71. The van der Waals surface area contributed by atoms with Crippen LogP contribution in [-0.4, -0.2) is 47.8 Å². The van der Waals surface area contributed by atoms with E-state index in [-0.39, 0.29) is 24.1 Å². The number of hydrogen-bond donors (Lipinski definition) is 2. The summed E-state index contributed by atoms with van der Waals surface area (Å²) in [6.07, 6.45) is 1.58. The van der Waals surface area contributed by atoms with Crippen molar-refractivity contribution in [3.8, 4) is 0 Å². The van der Waals surface area contributed by atoms with Crippen molar-refractivity contribution < 1.29 is 24.3 Å². The standard InChI is InChI=1S/C7H13NO2.C4H9NO.C3H6O2/c1-4-6(9)8(3)7(10)5-2;1-3-4(6)5-2;1-2-3(4)5/h4-5H2,1-3H3;3H2,1-2H3,(H,5,6);2H2,1H3,(H,4,5). The molecule has 0 aromatic rings. The molecule has 21 heavy (non-hydrogen) atoms. The fourth-order valence-corrected chi connectivity index (χ4v) is 0.790. The van der Waals surface area contributed by atoms with Crippen molar-refractivity contribution in [2.45, 2.75) is 53.4 Å². The average Bonchev–Trinajstić information content (AvgIpc) is 2.52. The highest BCUT2D eigenvalue weighted by atomic mass is 16.4. The largest absolute Gasteiger partial charge is 0.481 e. The Morgan fingerprint density at radius 3 is 1.29 bits per heavy atom. The number of carbonyl (C=O) groups is 4. The first-order valence-corrected chi connectivity index (χ1v) is 6.93. The van der Waals surface area contributed by atoms with Crippen molar-refractivity contribution in [1.82, 2.24) is 10.2 Å². The van der Waals surface area contributed by atoms with E-state index in [9.17, 15) is 19.2 Å². The quantitative estimate of drug-likeness (QED) is 0.817. The molecule has 0 saturated heterocycles. The Balaban J connectivity index is -0.000000252. The van der Waals surface area contributed by atoms with Crippen LogP contribution in [0, 0.1) is 0 Å². The highest BCUT2D eigenvalue weighted by Gasteiger charge is 2.11. The third-order valence-corrected chi connectivity index (χ3v) is 2.26. The molecular weight excluding hydrogens is 276 g/mol. The third-order valence-electron chi connectivity index (χ3n) is 2.26. The fraction of sp³-hybridized carbons (Fsp3) is 0.714. The summed E-state index contributed by atoms with van der Waals surface area (Å²) >= 11 is 0. The summed E-state index contributed by atoms with van der Waals surface area (Å²) < 4.78 is 0. The van der Waals surface area contributed by atoms with Gasteiger partial charge in [-0.05, 0) is 0 Å². The maximum atomic E-state index is 10.8. The van der Waals surface area contributed by atoms with Gasteiger partial charge in [0.2, 0.25) is 17.7 Å². The Morgan fingerprint density at radius 1 is 0.857 bits per heavy atom. The smallest absolute Gasteiger partial charge is 0.303 e. The second kappa shape index (κ2) is 16.1. The SMILES string of the molecule is CCC(=O)N(C)C(=O)CC.CCC(=O)NC.CCC(=O)O. The van der Waals surface area contributed by atoms with E-state index in [0.29, 0.717) is 19.3 Å². The van der Waals surface area contributed by atoms with E-state index in [1.807, 2.05) is 6.92 Å². The topological polar surface area (TPSA) is 104 Å². The van der Waals surface area contributed by atoms with Gasteiger partial charge in [0.15, 0.2) is 0 Å². The lowest BCUT2D eigenvalue weighted by atomic mass is 10.3. The molecule has 2 N–H and O–H groups in total. The Bertz CT molecular complexity index is 307. The summed E-state index contributed by atoms with van der Waals surface area (Å²) in [6, 6.07) is 0. The molecule has 0 spiro atoms. The van der Waals surface area contributed by atoms with Gasteiger partial charge >= 0.3 is 5.97 Å². The molecular formula is C14H28N2O5. The summed E-state index contributed by atoms with van der Waals surface area (Å²) in [7, 11) is 3.14. The highest BCUT2D eigenvalue weighted by Crippen LogP contribution is 1.93. The molecule has 124 valence electrons. The molecule has 0 aliphatic rings. The van der Waals surface area contributed by atoms with Crippen LogP contribution in [0.1, 0.15) is 53.4 Å². The van der Waals surface area contributed by atoms with Crippen LogP contribution in [0.3, 0.4) is 0 Å². The number of carboxylic acids is 1. The maximum absolute atomic E-state index is 10.8. The normalized spacial score (nSPS) is 8.29. The van der Waals surface area contributed by atoms with Gasteiger partial charge < -0.3 is 10.4 Å². The van der Waals surface area contributed by atoms with Crippen LogP contribution < -0.4 is 5.32 Å². The first-order valence-electron chi connectivity index (χ1n) is 6.93. The van der Waals surface area contributed by atoms with Crippen LogP contribution >= 0.6 is 0 Å². The van der Waals surface area contributed by atoms with E-state index >= 15 is 0 Å². The molecule has 0 aliphatic carbocycles. The molecule has 0 aromatic heterocycles. The summed E-state index contributed by atoms with van der Waals surface area (Å²) in [4.78, 5) is 42.2. The van der Waals surface area contributed by atoms with Crippen LogP contribution in [0.4, 0.5) is 0 Å². The molecule has 0 aromatic carbocycles. The number of nitrogens with zero attached hydrogens (tertiary/aromatic N) is 1. The van der Waals surface area contributed by atoms with Crippen LogP contribution in [0.25, 0.3) is 0 Å². The molecule has 0 aliphatic heterocycles. The molecule has 0 heterocycles. The fourth-order valence-electron chi connectivity index (χ4n) is 0.790. The molecule has 7 nitrogen and oxygen atoms in total. The first kappa shape index (κ1) is 24.1. The number of nitrogens with one attached hydrogen (secondary N) is 1. The van der Waals surface area contributed by atoms with Crippen molar-refractivity contribution in [1.29, 1.82) is 0 Å². The number of carboxylic acid groups (broad SMARTS) is 1. The zero-order chi connectivity index (χ0) is 17.4. The summed E-state index contributed by atoms with van der Waals surface area (Å²) in [5, 5.41) is 10.2. The van der Waals surface area contributed by atoms with E-state index < -0.39 is 5.97 Å². The number of rotatable bonds is 4. The molecule has 3 amide bonds. The Labute approximate surface area is 126 Å². The van der Waals surface area contributed by atoms with Crippen LogP contribution in [0.5, 0.6) is 0 Å². The molecule has 0 bridgehead atoms. The molecule has 0 rings (SSSR count). The van der Waals surface area contributed by atoms with Crippen LogP contribution in [0.15, 0.2) is 0 Å². The lowest BCUT2D eigenvalue weighted by molar-refractivity contribution is -0.143. The molecule has 0 saturated carbocycles. The molecule has 0 unspecified atom stereocenters. The Morgan fingerprint density at radius 2 is 1.19 bits per heavy atom. The minimum atomic E-state index is -0.745. The lowest BCUT2D eigenvalue weighted by Gasteiger charge is -2.12. The average molecular weight is 304 g/mol. The van der Waals surface area contributed by atoms with Crippen molar-refractivity contribution >= 4 is 23.7 Å². The van der Waals surface area contributed by atoms with Gasteiger partial charge in [-0.3, -0.25) is 24.1 Å². The third kappa shape index (κ3) is 18.1. The Hall–Kier alpha value is -1.92. The highest BCUT2D eigenvalue weighted by molar-refractivity contribution is 5.94. The van der Waals surface area contributed by atoms with Crippen molar-refractivity contribution in [2.24, 2.45) is 0 Å². The molecule has 0 atom stereocenters. The van der Waals surface area contributed by atoms with E-state index in [1.54, 1.807) is 27.8 Å². The van der Waals surface area contributed by atoms with Crippen LogP contribution in [-0.2, 0) is 19.2 Å². The molecule has 0 radical (unpaired) electrons. The van der Waals surface area contributed by atoms with Gasteiger partial charge in [-0.2, -0.15) is 0 Å². The van der Waals surface area contributed by atoms with E-state index in [2.05, 4.69) is 5.32 Å². The monoisotopic (exact) mass is 304 g/mol. The van der Waals surface area contributed by atoms with Gasteiger partial charge in [-0.25, -0.2) is 0 Å². The van der Waals surface area contributed by atoms with Gasteiger partial charge in [0.1, 0.15) is 0 Å². The number of imide groups is 1. The molecule has 0 fully saturated rings. The predicted molar refractivity (Wildman–Crippen MR) is 80.6 cm³/mol. The van der Waals surface area contributed by atoms with Gasteiger partial charge in [-0.15, -0.1) is 0 Å². The Kier molecular flexibility index (Phi) is 18.5. The second-order valence-corrected chi connectivity index (χ2v) is 3.83. The zero-order valence-electron chi connectivity index (χ0n) is 13.9. The second-order valence-electron chi connectivity index (χ2n) is 3.83. The van der Waals surface area contributed by atoms with Crippen molar-refractivity contribution in [3.05, 3.63) is 0 Å². The zero-order valence-corrected chi connectivity index (χ0v) is 13.9. The predicted octanol–water partition coefficient (Wildman–Crippen LogP) is 1.41. The number of amides is 3. The van der Waals surface area contributed by atoms with E-state index in [4.69, 9.17) is 5.11 Å². The minimum absolute atomic E-state index is 0.0926. The number of hydrogen-bond acceptors (Lipinski definition) is 4. The maximum Gasteiger partial charge on any atom is 0.303 e. The molecule has 7 heteroatoms. The summed E-state index contributed by atoms with van der Waals surface area (Å²) in [6.45, 7) is 6.89. The van der Waals surface area contributed by atoms with Gasteiger partial charge in [-0.1, -0.05) is 27.7 Å². The summed E-state index contributed by atoms with van der Waals surface area (Å²) in [5.41, 5.74) is 0. The van der Waals surface area contributed by atoms with Crippen molar-refractivity contribution in [3.63, 3.8) is 0 Å². The van der Waals surface area contributed by atoms with Gasteiger partial charge in [0.25, 0.3) is 0 Å². The van der Waals surface area contributed by atoms with Crippen molar-refractivity contribution in [2.75, 3.05) is 14.1 Å². The lowest BCUT2D eigenvalue weighted by Crippen LogP contribution is -2.31.